The highest BCUT2D eigenvalue weighted by Gasteiger charge is 2.42. The quantitative estimate of drug-likeness (QED) is 0.735. The summed E-state index contributed by atoms with van der Waals surface area (Å²) < 4.78 is 5.86. The monoisotopic (exact) mass is 239 g/mol. The predicted octanol–water partition coefficient (Wildman–Crippen LogP) is 3.36. The van der Waals surface area contributed by atoms with E-state index in [1.165, 1.54) is 45.1 Å². The lowest BCUT2D eigenvalue weighted by Gasteiger charge is -2.35. The van der Waals surface area contributed by atoms with Gasteiger partial charge in [0.15, 0.2) is 0 Å². The van der Waals surface area contributed by atoms with Crippen LogP contribution in [-0.4, -0.2) is 25.3 Å². The predicted molar refractivity (Wildman–Crippen MR) is 72.2 cm³/mol. The van der Waals surface area contributed by atoms with Gasteiger partial charge in [-0.05, 0) is 38.5 Å². The van der Waals surface area contributed by atoms with E-state index >= 15 is 0 Å². The molecule has 1 N–H and O–H groups in total. The van der Waals surface area contributed by atoms with E-state index in [1.807, 2.05) is 0 Å². The molecule has 0 aromatic rings. The molecule has 3 atom stereocenters. The fourth-order valence-electron chi connectivity index (χ4n) is 3.32. The Morgan fingerprint density at radius 1 is 1.41 bits per heavy atom. The summed E-state index contributed by atoms with van der Waals surface area (Å²) in [6.07, 6.45) is 8.46. The first-order valence-corrected chi connectivity index (χ1v) is 7.51. The summed E-state index contributed by atoms with van der Waals surface area (Å²) in [4.78, 5) is 0. The van der Waals surface area contributed by atoms with Crippen LogP contribution in [0.15, 0.2) is 0 Å². The van der Waals surface area contributed by atoms with Gasteiger partial charge in [-0.2, -0.15) is 0 Å². The minimum atomic E-state index is 0.414. The molecule has 2 fully saturated rings. The molecule has 0 amide bonds. The van der Waals surface area contributed by atoms with Crippen molar-refractivity contribution in [1.82, 2.24) is 5.32 Å². The Balaban J connectivity index is 1.90. The lowest BCUT2D eigenvalue weighted by atomic mass is 9.73. The lowest BCUT2D eigenvalue weighted by molar-refractivity contribution is 0.0494. The van der Waals surface area contributed by atoms with Gasteiger partial charge in [0.05, 0.1) is 6.10 Å². The molecule has 0 spiro atoms. The van der Waals surface area contributed by atoms with Crippen molar-refractivity contribution >= 4 is 0 Å². The number of rotatable bonds is 7. The molecule has 17 heavy (non-hydrogen) atoms. The third-order valence-corrected chi connectivity index (χ3v) is 4.69. The summed E-state index contributed by atoms with van der Waals surface area (Å²) in [5.41, 5.74) is 0.414. The maximum absolute atomic E-state index is 5.86. The van der Waals surface area contributed by atoms with Crippen LogP contribution in [0.3, 0.4) is 0 Å². The topological polar surface area (TPSA) is 21.3 Å². The van der Waals surface area contributed by atoms with Crippen molar-refractivity contribution in [2.75, 3.05) is 13.2 Å². The van der Waals surface area contributed by atoms with Crippen LogP contribution in [0, 0.1) is 11.3 Å². The Kier molecular flexibility index (Phi) is 4.48. The van der Waals surface area contributed by atoms with Crippen LogP contribution >= 0.6 is 0 Å². The number of ether oxygens (including phenoxy) is 1. The maximum atomic E-state index is 5.86. The van der Waals surface area contributed by atoms with E-state index in [0.29, 0.717) is 11.5 Å². The van der Waals surface area contributed by atoms with E-state index in [1.54, 1.807) is 0 Å². The molecule has 1 saturated heterocycles. The van der Waals surface area contributed by atoms with E-state index in [9.17, 15) is 0 Å². The molecular formula is C15H29NO. The van der Waals surface area contributed by atoms with Crippen molar-refractivity contribution in [2.45, 2.75) is 71.4 Å². The second-order valence-corrected chi connectivity index (χ2v) is 6.38. The second kappa shape index (κ2) is 5.71. The van der Waals surface area contributed by atoms with Gasteiger partial charge < -0.3 is 10.1 Å². The Bertz CT molecular complexity index is 239. The fraction of sp³-hybridized carbons (Fsp3) is 1.00. The van der Waals surface area contributed by atoms with Crippen molar-refractivity contribution in [2.24, 2.45) is 11.3 Å². The molecule has 0 aromatic heterocycles. The number of hydrogen-bond acceptors (Lipinski definition) is 2. The largest absolute Gasteiger partial charge is 0.378 e. The zero-order valence-electron chi connectivity index (χ0n) is 11.8. The highest BCUT2D eigenvalue weighted by molar-refractivity contribution is 4.95. The molecule has 2 nitrogen and oxygen atoms in total. The molecule has 1 aliphatic carbocycles. The Hall–Kier alpha value is -0.0800. The van der Waals surface area contributed by atoms with Crippen LogP contribution < -0.4 is 5.32 Å². The van der Waals surface area contributed by atoms with Gasteiger partial charge in [0.1, 0.15) is 0 Å². The Labute approximate surface area is 107 Å². The van der Waals surface area contributed by atoms with Gasteiger partial charge in [-0.15, -0.1) is 0 Å². The van der Waals surface area contributed by atoms with Gasteiger partial charge in [-0.25, -0.2) is 0 Å². The average molecular weight is 239 g/mol. The van der Waals surface area contributed by atoms with Crippen LogP contribution in [0.4, 0.5) is 0 Å². The minimum absolute atomic E-state index is 0.414. The molecule has 100 valence electrons. The molecule has 1 saturated carbocycles. The molecule has 2 heteroatoms. The van der Waals surface area contributed by atoms with Gasteiger partial charge in [0.2, 0.25) is 0 Å². The molecule has 0 radical (unpaired) electrons. The second-order valence-electron chi connectivity index (χ2n) is 6.38. The third-order valence-electron chi connectivity index (χ3n) is 4.69. The first-order valence-electron chi connectivity index (χ1n) is 7.51. The zero-order valence-corrected chi connectivity index (χ0v) is 11.8. The molecule has 1 aliphatic heterocycles. The fourth-order valence-corrected chi connectivity index (χ4v) is 3.32. The number of hydrogen-bond donors (Lipinski definition) is 1. The Morgan fingerprint density at radius 2 is 2.18 bits per heavy atom. The van der Waals surface area contributed by atoms with Crippen molar-refractivity contribution < 1.29 is 4.74 Å². The van der Waals surface area contributed by atoms with E-state index in [0.717, 1.165) is 18.6 Å². The molecular weight excluding hydrogens is 210 g/mol. The molecule has 0 aromatic carbocycles. The van der Waals surface area contributed by atoms with E-state index in [-0.39, 0.29) is 0 Å². The first-order chi connectivity index (χ1) is 8.16. The lowest BCUT2D eigenvalue weighted by Crippen LogP contribution is -2.41. The van der Waals surface area contributed by atoms with Gasteiger partial charge >= 0.3 is 0 Å². The smallest absolute Gasteiger partial charge is 0.0616 e. The summed E-state index contributed by atoms with van der Waals surface area (Å²) in [5, 5.41) is 3.74. The van der Waals surface area contributed by atoms with E-state index in [4.69, 9.17) is 4.74 Å². The molecule has 1 heterocycles. The van der Waals surface area contributed by atoms with E-state index in [2.05, 4.69) is 26.1 Å². The summed E-state index contributed by atoms with van der Waals surface area (Å²) in [5.74, 6) is 0.838. The van der Waals surface area contributed by atoms with Gasteiger partial charge in [0, 0.05) is 24.6 Å². The highest BCUT2D eigenvalue weighted by Crippen LogP contribution is 2.41. The molecule has 2 rings (SSSR count). The van der Waals surface area contributed by atoms with Gasteiger partial charge in [0.25, 0.3) is 0 Å². The highest BCUT2D eigenvalue weighted by atomic mass is 16.5. The average Bonchev–Trinajstić information content (AvgIpc) is 3.04. The Morgan fingerprint density at radius 3 is 2.71 bits per heavy atom. The van der Waals surface area contributed by atoms with Crippen molar-refractivity contribution in [3.8, 4) is 0 Å². The van der Waals surface area contributed by atoms with Crippen LogP contribution in [0.5, 0.6) is 0 Å². The summed E-state index contributed by atoms with van der Waals surface area (Å²) in [6, 6.07) is 0.821. The van der Waals surface area contributed by atoms with Crippen LogP contribution in [-0.2, 0) is 4.74 Å². The summed E-state index contributed by atoms with van der Waals surface area (Å²) in [7, 11) is 0. The van der Waals surface area contributed by atoms with Crippen molar-refractivity contribution in [1.29, 1.82) is 0 Å². The SMILES string of the molecule is CCCC(C)CC1(CNC2CC2)CCOC1C. The maximum Gasteiger partial charge on any atom is 0.0616 e. The first kappa shape index (κ1) is 13.4. The van der Waals surface area contributed by atoms with Crippen molar-refractivity contribution in [3.05, 3.63) is 0 Å². The summed E-state index contributed by atoms with van der Waals surface area (Å²) in [6.45, 7) is 9.12. The van der Waals surface area contributed by atoms with Crippen LogP contribution in [0.2, 0.25) is 0 Å². The third kappa shape index (κ3) is 3.45. The summed E-state index contributed by atoms with van der Waals surface area (Å²) >= 11 is 0. The van der Waals surface area contributed by atoms with Crippen LogP contribution in [0.1, 0.15) is 59.3 Å². The van der Waals surface area contributed by atoms with E-state index < -0.39 is 0 Å². The minimum Gasteiger partial charge on any atom is -0.378 e. The molecule has 2 aliphatic rings. The van der Waals surface area contributed by atoms with Crippen LogP contribution in [0.25, 0.3) is 0 Å². The normalized spacial score (nSPS) is 35.1. The zero-order chi connectivity index (χ0) is 12.3. The molecule has 0 bridgehead atoms. The van der Waals surface area contributed by atoms with Gasteiger partial charge in [-0.1, -0.05) is 26.7 Å². The standard InChI is InChI=1S/C15H29NO/c1-4-5-12(2)10-15(8-9-17-13(15)3)11-16-14-6-7-14/h12-14,16H,4-11H2,1-3H3. The van der Waals surface area contributed by atoms with Gasteiger partial charge in [-0.3, -0.25) is 0 Å². The number of nitrogens with one attached hydrogen (secondary N) is 1. The van der Waals surface area contributed by atoms with Crippen molar-refractivity contribution in [3.63, 3.8) is 0 Å². The molecule has 3 unspecified atom stereocenters.